The first-order chi connectivity index (χ1) is 11.9. The average molecular weight is 374 g/mol. The first kappa shape index (κ1) is 21.6. The Bertz CT molecular complexity index is 740. The summed E-state index contributed by atoms with van der Waals surface area (Å²) in [7, 11) is 4.15. The Morgan fingerprint density at radius 2 is 1.58 bits per heavy atom. The van der Waals surface area contributed by atoms with Crippen molar-refractivity contribution >= 4 is 11.8 Å². The number of likely N-dealkylation sites (N-methyl/N-ethyl adjacent to an activating group) is 1. The lowest BCUT2D eigenvalue weighted by Gasteiger charge is -2.29. The molecule has 0 saturated heterocycles. The summed E-state index contributed by atoms with van der Waals surface area (Å²) in [4.78, 5) is 23.5. The summed E-state index contributed by atoms with van der Waals surface area (Å²) in [5, 5.41) is 0. The third-order valence-corrected chi connectivity index (χ3v) is 3.97. The Labute approximate surface area is 161 Å². The zero-order chi connectivity index (χ0) is 18.3. The van der Waals surface area contributed by atoms with Crippen molar-refractivity contribution in [1.82, 2.24) is 0 Å². The number of ether oxygens (including phenoxy) is 1. The van der Waals surface area contributed by atoms with Crippen LogP contribution in [-0.4, -0.2) is 43.5 Å². The summed E-state index contributed by atoms with van der Waals surface area (Å²) < 4.78 is 5.72. The number of nitrogens with zero attached hydrogens (tertiary/aromatic N) is 1. The number of halogens is 1. The van der Waals surface area contributed by atoms with Crippen molar-refractivity contribution in [3.8, 4) is 0 Å². The highest BCUT2D eigenvalue weighted by molar-refractivity contribution is 6.08. The van der Waals surface area contributed by atoms with Gasteiger partial charge in [-0.2, -0.15) is 0 Å². The van der Waals surface area contributed by atoms with Crippen molar-refractivity contribution < 1.29 is 31.2 Å². The fourth-order valence-corrected chi connectivity index (χ4v) is 2.54. The number of esters is 1. The molecule has 0 aliphatic heterocycles. The normalized spacial score (nSPS) is 10.5. The number of hydrogen-bond acceptors (Lipinski definition) is 3. The molecule has 0 aliphatic carbocycles. The SMILES string of the molecule is C=CC(=O)OCC[N+](C)(C)Cc1ccc(C(=O)c2ccccc2)cc1.[Cl-]. The van der Waals surface area contributed by atoms with Crippen LogP contribution in [0.5, 0.6) is 0 Å². The summed E-state index contributed by atoms with van der Waals surface area (Å²) in [6.45, 7) is 5.21. The van der Waals surface area contributed by atoms with E-state index in [2.05, 4.69) is 20.7 Å². The molecule has 0 N–H and O–H groups in total. The molecule has 0 radical (unpaired) electrons. The molecular weight excluding hydrogens is 350 g/mol. The number of rotatable bonds is 8. The minimum atomic E-state index is -0.399. The smallest absolute Gasteiger partial charge is 0.330 e. The van der Waals surface area contributed by atoms with Crippen LogP contribution in [0.2, 0.25) is 0 Å². The molecule has 26 heavy (non-hydrogen) atoms. The summed E-state index contributed by atoms with van der Waals surface area (Å²) in [6.07, 6.45) is 1.17. The lowest BCUT2D eigenvalue weighted by Crippen LogP contribution is -3.00. The van der Waals surface area contributed by atoms with Crippen molar-refractivity contribution in [2.45, 2.75) is 6.54 Å². The van der Waals surface area contributed by atoms with Crippen LogP contribution in [-0.2, 0) is 16.1 Å². The highest BCUT2D eigenvalue weighted by Crippen LogP contribution is 2.14. The second-order valence-corrected chi connectivity index (χ2v) is 6.58. The van der Waals surface area contributed by atoms with Crippen molar-refractivity contribution in [3.63, 3.8) is 0 Å². The quantitative estimate of drug-likeness (QED) is 0.288. The standard InChI is InChI=1S/C21H24NO3.ClH/c1-4-20(23)25-15-14-22(2,3)16-17-10-12-19(13-11-17)21(24)18-8-6-5-7-9-18;/h4-13H,1,14-16H2,2-3H3;1H/q+1;/p-1. The van der Waals surface area contributed by atoms with Gasteiger partial charge in [0.05, 0.1) is 14.1 Å². The Morgan fingerprint density at radius 1 is 1.00 bits per heavy atom. The molecule has 0 fully saturated rings. The summed E-state index contributed by atoms with van der Waals surface area (Å²) >= 11 is 0. The summed E-state index contributed by atoms with van der Waals surface area (Å²) in [5.41, 5.74) is 2.50. The molecule has 4 nitrogen and oxygen atoms in total. The van der Waals surface area contributed by atoms with Crippen LogP contribution in [0.15, 0.2) is 67.3 Å². The summed E-state index contributed by atoms with van der Waals surface area (Å²) in [6, 6.07) is 16.9. The maximum atomic E-state index is 12.4. The number of quaternary nitrogens is 1. The molecule has 138 valence electrons. The minimum absolute atomic E-state index is 0. The van der Waals surface area contributed by atoms with E-state index in [1.54, 1.807) is 0 Å². The first-order valence-electron chi connectivity index (χ1n) is 8.21. The van der Waals surface area contributed by atoms with Crippen LogP contribution in [0.1, 0.15) is 21.5 Å². The second-order valence-electron chi connectivity index (χ2n) is 6.58. The van der Waals surface area contributed by atoms with E-state index in [1.807, 2.05) is 54.6 Å². The highest BCUT2D eigenvalue weighted by Gasteiger charge is 2.17. The molecule has 5 heteroatoms. The van der Waals surface area contributed by atoms with E-state index < -0.39 is 5.97 Å². The molecule has 0 aromatic heterocycles. The maximum Gasteiger partial charge on any atom is 0.330 e. The number of hydrogen-bond donors (Lipinski definition) is 0. The van der Waals surface area contributed by atoms with Crippen molar-refractivity contribution in [2.24, 2.45) is 0 Å². The van der Waals surface area contributed by atoms with Gasteiger partial charge in [-0.25, -0.2) is 4.79 Å². The van der Waals surface area contributed by atoms with Crippen LogP contribution in [0.4, 0.5) is 0 Å². The van der Waals surface area contributed by atoms with E-state index in [-0.39, 0.29) is 18.2 Å². The molecule has 0 heterocycles. The van der Waals surface area contributed by atoms with Crippen LogP contribution in [0.3, 0.4) is 0 Å². The van der Waals surface area contributed by atoms with Gasteiger partial charge in [0.1, 0.15) is 19.7 Å². The third kappa shape index (κ3) is 6.47. The van der Waals surface area contributed by atoms with E-state index in [1.165, 1.54) is 6.08 Å². The Kier molecular flexibility index (Phi) is 8.23. The van der Waals surface area contributed by atoms with Crippen molar-refractivity contribution in [1.29, 1.82) is 0 Å². The van der Waals surface area contributed by atoms with Gasteiger partial charge in [0.2, 0.25) is 0 Å². The molecular formula is C21H24ClNO3. The molecule has 2 aromatic rings. The van der Waals surface area contributed by atoms with Crippen LogP contribution < -0.4 is 12.4 Å². The van der Waals surface area contributed by atoms with Gasteiger partial charge < -0.3 is 21.6 Å². The number of benzene rings is 2. The van der Waals surface area contributed by atoms with E-state index in [4.69, 9.17) is 4.74 Å². The fraction of sp³-hybridized carbons (Fsp3) is 0.238. The van der Waals surface area contributed by atoms with Gasteiger partial charge in [-0.05, 0) is 0 Å². The van der Waals surface area contributed by atoms with Crippen LogP contribution in [0.25, 0.3) is 0 Å². The molecule has 0 saturated carbocycles. The Morgan fingerprint density at radius 3 is 2.15 bits per heavy atom. The zero-order valence-electron chi connectivity index (χ0n) is 15.2. The zero-order valence-corrected chi connectivity index (χ0v) is 15.9. The highest BCUT2D eigenvalue weighted by atomic mass is 35.5. The Balaban J connectivity index is 0.00000338. The van der Waals surface area contributed by atoms with Gasteiger partial charge in [0.25, 0.3) is 0 Å². The lowest BCUT2D eigenvalue weighted by atomic mass is 10.0. The molecule has 0 aliphatic rings. The van der Waals surface area contributed by atoms with Gasteiger partial charge >= 0.3 is 5.97 Å². The van der Waals surface area contributed by atoms with Gasteiger partial charge in [-0.3, -0.25) is 4.79 Å². The van der Waals surface area contributed by atoms with E-state index in [0.29, 0.717) is 28.8 Å². The summed E-state index contributed by atoms with van der Waals surface area (Å²) in [5.74, 6) is -0.374. The topological polar surface area (TPSA) is 43.4 Å². The van der Waals surface area contributed by atoms with E-state index in [9.17, 15) is 9.59 Å². The molecule has 0 bridgehead atoms. The van der Waals surface area contributed by atoms with Gasteiger partial charge in [-0.1, -0.05) is 61.2 Å². The maximum absolute atomic E-state index is 12.4. The third-order valence-electron chi connectivity index (χ3n) is 3.97. The Hall–Kier alpha value is -2.43. The predicted molar refractivity (Wildman–Crippen MR) is 98.2 cm³/mol. The first-order valence-corrected chi connectivity index (χ1v) is 8.21. The average Bonchev–Trinajstić information content (AvgIpc) is 2.62. The van der Waals surface area contributed by atoms with Crippen molar-refractivity contribution in [3.05, 3.63) is 83.9 Å². The minimum Gasteiger partial charge on any atom is -1.00 e. The number of ketones is 1. The molecule has 0 spiro atoms. The molecule has 0 amide bonds. The largest absolute Gasteiger partial charge is 1.00 e. The van der Waals surface area contributed by atoms with Crippen LogP contribution >= 0.6 is 0 Å². The van der Waals surface area contributed by atoms with E-state index >= 15 is 0 Å². The second kappa shape index (κ2) is 9.90. The molecule has 0 atom stereocenters. The number of carbonyl (C=O) groups excluding carboxylic acids is 2. The van der Waals surface area contributed by atoms with Gasteiger partial charge in [-0.15, -0.1) is 0 Å². The predicted octanol–water partition coefficient (Wildman–Crippen LogP) is 0.227. The molecule has 2 aromatic carbocycles. The monoisotopic (exact) mass is 373 g/mol. The lowest BCUT2D eigenvalue weighted by molar-refractivity contribution is -0.903. The molecule has 2 rings (SSSR count). The van der Waals surface area contributed by atoms with Gasteiger partial charge in [0, 0.05) is 22.8 Å². The van der Waals surface area contributed by atoms with Crippen molar-refractivity contribution in [2.75, 3.05) is 27.2 Å². The number of carbonyl (C=O) groups is 2. The van der Waals surface area contributed by atoms with E-state index in [0.717, 1.165) is 12.1 Å². The van der Waals surface area contributed by atoms with Crippen LogP contribution in [0, 0.1) is 0 Å². The van der Waals surface area contributed by atoms with Gasteiger partial charge in [0.15, 0.2) is 5.78 Å². The molecule has 0 unspecified atom stereocenters. The fourth-order valence-electron chi connectivity index (χ4n) is 2.54.